The van der Waals surface area contributed by atoms with Crippen molar-refractivity contribution in [3.63, 3.8) is 0 Å². The minimum absolute atomic E-state index is 0.0729. The standard InChI is InChI=1S/C27H29ClN2O6S/c1-4-35-27(32)18-36-22-12-10-21(11-13-22)16-29-26(31)17-30(25-7-5-6-24(28)20(25)3)37(33,34)23-14-8-19(2)9-15-23/h5-15H,4,16-18H2,1-3H3,(H,29,31). The molecular weight excluding hydrogens is 516 g/mol. The van der Waals surface area contributed by atoms with Crippen LogP contribution in [0, 0.1) is 13.8 Å². The van der Waals surface area contributed by atoms with E-state index in [1.54, 1.807) is 68.4 Å². The van der Waals surface area contributed by atoms with Gasteiger partial charge in [0.05, 0.1) is 17.2 Å². The summed E-state index contributed by atoms with van der Waals surface area (Å²) >= 11 is 6.26. The van der Waals surface area contributed by atoms with E-state index in [2.05, 4.69) is 5.32 Å². The Morgan fingerprint density at radius 1 is 0.973 bits per heavy atom. The Morgan fingerprint density at radius 2 is 1.65 bits per heavy atom. The van der Waals surface area contributed by atoms with Gasteiger partial charge in [-0.3, -0.25) is 9.10 Å². The first-order chi connectivity index (χ1) is 17.6. The molecule has 0 aliphatic heterocycles. The fraction of sp³-hybridized carbons (Fsp3) is 0.259. The van der Waals surface area contributed by atoms with E-state index in [1.165, 1.54) is 12.1 Å². The number of hydrogen-bond acceptors (Lipinski definition) is 6. The number of rotatable bonds is 11. The van der Waals surface area contributed by atoms with E-state index in [1.807, 2.05) is 6.92 Å². The van der Waals surface area contributed by atoms with Crippen LogP contribution in [-0.4, -0.2) is 40.1 Å². The predicted molar refractivity (Wildman–Crippen MR) is 142 cm³/mol. The molecule has 0 aromatic heterocycles. The zero-order valence-electron chi connectivity index (χ0n) is 20.9. The number of hydrogen-bond donors (Lipinski definition) is 1. The Morgan fingerprint density at radius 3 is 2.30 bits per heavy atom. The lowest BCUT2D eigenvalue weighted by Gasteiger charge is -2.26. The summed E-state index contributed by atoms with van der Waals surface area (Å²) < 4.78 is 38.4. The average molecular weight is 545 g/mol. The molecular formula is C27H29ClN2O6S. The number of aryl methyl sites for hydroxylation is 1. The van der Waals surface area contributed by atoms with Crippen LogP contribution in [0.25, 0.3) is 0 Å². The van der Waals surface area contributed by atoms with Crippen molar-refractivity contribution in [2.75, 3.05) is 24.1 Å². The third-order valence-corrected chi connectivity index (χ3v) is 7.66. The number of carbonyl (C=O) groups is 2. The number of nitrogens with one attached hydrogen (secondary N) is 1. The van der Waals surface area contributed by atoms with Crippen LogP contribution in [0.4, 0.5) is 5.69 Å². The molecule has 0 heterocycles. The maximum atomic E-state index is 13.6. The SMILES string of the molecule is CCOC(=O)COc1ccc(CNC(=O)CN(c2cccc(Cl)c2C)S(=O)(=O)c2ccc(C)cc2)cc1. The minimum atomic E-state index is -4.05. The van der Waals surface area contributed by atoms with Gasteiger partial charge in [-0.25, -0.2) is 13.2 Å². The van der Waals surface area contributed by atoms with Crippen molar-refractivity contribution in [2.24, 2.45) is 0 Å². The lowest BCUT2D eigenvalue weighted by atomic mass is 10.2. The zero-order valence-corrected chi connectivity index (χ0v) is 22.4. The fourth-order valence-electron chi connectivity index (χ4n) is 3.44. The quantitative estimate of drug-likeness (QED) is 0.359. The first-order valence-electron chi connectivity index (χ1n) is 11.6. The molecule has 3 rings (SSSR count). The van der Waals surface area contributed by atoms with E-state index in [9.17, 15) is 18.0 Å². The van der Waals surface area contributed by atoms with Crippen molar-refractivity contribution in [3.8, 4) is 5.75 Å². The van der Waals surface area contributed by atoms with Crippen molar-refractivity contribution >= 4 is 39.2 Å². The van der Waals surface area contributed by atoms with E-state index in [-0.39, 0.29) is 24.7 Å². The first kappa shape index (κ1) is 28.0. The van der Waals surface area contributed by atoms with Gasteiger partial charge in [0.1, 0.15) is 12.3 Å². The maximum absolute atomic E-state index is 13.6. The number of halogens is 1. The fourth-order valence-corrected chi connectivity index (χ4v) is 5.09. The van der Waals surface area contributed by atoms with Gasteiger partial charge in [-0.1, -0.05) is 47.5 Å². The highest BCUT2D eigenvalue weighted by Crippen LogP contribution is 2.30. The van der Waals surface area contributed by atoms with Gasteiger partial charge in [-0.2, -0.15) is 0 Å². The molecule has 196 valence electrons. The van der Waals surface area contributed by atoms with Crippen molar-refractivity contribution < 1.29 is 27.5 Å². The molecule has 3 aromatic rings. The van der Waals surface area contributed by atoms with E-state index < -0.39 is 28.4 Å². The molecule has 0 bridgehead atoms. The molecule has 0 saturated heterocycles. The van der Waals surface area contributed by atoms with Crippen molar-refractivity contribution in [2.45, 2.75) is 32.2 Å². The van der Waals surface area contributed by atoms with E-state index in [0.717, 1.165) is 15.4 Å². The summed E-state index contributed by atoms with van der Waals surface area (Å²) in [7, 11) is -4.05. The Kier molecular flexibility index (Phi) is 9.54. The number of sulfonamides is 1. The van der Waals surface area contributed by atoms with E-state index in [0.29, 0.717) is 22.0 Å². The molecule has 0 atom stereocenters. The Labute approximate surface area is 222 Å². The molecule has 0 radical (unpaired) electrons. The molecule has 0 fully saturated rings. The summed E-state index contributed by atoms with van der Waals surface area (Å²) in [5, 5.41) is 3.16. The second-order valence-corrected chi connectivity index (χ2v) is 10.5. The third kappa shape index (κ3) is 7.47. The second kappa shape index (κ2) is 12.6. The molecule has 0 aliphatic carbocycles. The predicted octanol–water partition coefficient (Wildman–Crippen LogP) is 4.41. The highest BCUT2D eigenvalue weighted by atomic mass is 35.5. The van der Waals surface area contributed by atoms with Gasteiger partial charge in [0.2, 0.25) is 5.91 Å². The molecule has 10 heteroatoms. The van der Waals surface area contributed by atoms with Gasteiger partial charge in [-0.15, -0.1) is 0 Å². The summed E-state index contributed by atoms with van der Waals surface area (Å²) in [5.41, 5.74) is 2.56. The highest BCUT2D eigenvalue weighted by Gasteiger charge is 2.28. The summed E-state index contributed by atoms with van der Waals surface area (Å²) in [4.78, 5) is 24.4. The molecule has 8 nitrogen and oxygen atoms in total. The van der Waals surface area contributed by atoms with Crippen LogP contribution in [0.3, 0.4) is 0 Å². The van der Waals surface area contributed by atoms with Crippen molar-refractivity contribution in [3.05, 3.63) is 88.4 Å². The summed E-state index contributed by atoms with van der Waals surface area (Å²) in [6.07, 6.45) is 0. The van der Waals surface area contributed by atoms with Gasteiger partial charge in [0, 0.05) is 11.6 Å². The van der Waals surface area contributed by atoms with Gasteiger partial charge in [-0.05, 0) is 68.3 Å². The van der Waals surface area contributed by atoms with Crippen LogP contribution in [0.15, 0.2) is 71.6 Å². The van der Waals surface area contributed by atoms with E-state index >= 15 is 0 Å². The number of benzene rings is 3. The number of ether oxygens (including phenoxy) is 2. The molecule has 0 unspecified atom stereocenters. The topological polar surface area (TPSA) is 102 Å². The van der Waals surface area contributed by atoms with E-state index in [4.69, 9.17) is 21.1 Å². The molecule has 0 saturated carbocycles. The molecule has 1 amide bonds. The summed E-state index contributed by atoms with van der Waals surface area (Å²) in [6, 6.07) is 18.2. The van der Waals surface area contributed by atoms with Crippen LogP contribution in [0.1, 0.15) is 23.6 Å². The molecule has 0 spiro atoms. The second-order valence-electron chi connectivity index (χ2n) is 8.22. The molecule has 37 heavy (non-hydrogen) atoms. The Balaban J connectivity index is 1.73. The zero-order chi connectivity index (χ0) is 27.0. The monoisotopic (exact) mass is 544 g/mol. The van der Waals surface area contributed by atoms with Crippen molar-refractivity contribution in [1.29, 1.82) is 0 Å². The van der Waals surface area contributed by atoms with Crippen LogP contribution in [0.5, 0.6) is 5.75 Å². The maximum Gasteiger partial charge on any atom is 0.344 e. The van der Waals surface area contributed by atoms with Crippen LogP contribution in [0.2, 0.25) is 5.02 Å². The highest BCUT2D eigenvalue weighted by molar-refractivity contribution is 7.92. The summed E-state index contributed by atoms with van der Waals surface area (Å²) in [5.74, 6) is -0.466. The van der Waals surface area contributed by atoms with Crippen LogP contribution >= 0.6 is 11.6 Å². The number of nitrogens with zero attached hydrogens (tertiary/aromatic N) is 1. The van der Waals surface area contributed by atoms with Crippen LogP contribution in [-0.2, 0) is 30.9 Å². The normalized spacial score (nSPS) is 11.0. The Bertz CT molecular complexity index is 1340. The van der Waals surface area contributed by atoms with Gasteiger partial charge in [0.15, 0.2) is 6.61 Å². The molecule has 0 aliphatic rings. The number of amides is 1. The summed E-state index contributed by atoms with van der Waals surface area (Å²) in [6.45, 7) is 5.11. The minimum Gasteiger partial charge on any atom is -0.482 e. The first-order valence-corrected chi connectivity index (χ1v) is 13.4. The molecule has 1 N–H and O–H groups in total. The largest absolute Gasteiger partial charge is 0.482 e. The van der Waals surface area contributed by atoms with Crippen molar-refractivity contribution in [1.82, 2.24) is 5.32 Å². The van der Waals surface area contributed by atoms with Gasteiger partial charge < -0.3 is 14.8 Å². The molecule has 3 aromatic carbocycles. The lowest BCUT2D eigenvalue weighted by Crippen LogP contribution is -2.41. The Hall–Kier alpha value is -3.56. The van der Waals surface area contributed by atoms with Gasteiger partial charge >= 0.3 is 5.97 Å². The van der Waals surface area contributed by atoms with Crippen LogP contribution < -0.4 is 14.4 Å². The smallest absolute Gasteiger partial charge is 0.344 e. The number of carbonyl (C=O) groups excluding carboxylic acids is 2. The van der Waals surface area contributed by atoms with Gasteiger partial charge in [0.25, 0.3) is 10.0 Å². The average Bonchev–Trinajstić information content (AvgIpc) is 2.87. The number of anilines is 1. The lowest BCUT2D eigenvalue weighted by molar-refractivity contribution is -0.145. The third-order valence-electron chi connectivity index (χ3n) is 5.48. The number of esters is 1.